The summed E-state index contributed by atoms with van der Waals surface area (Å²) in [6.07, 6.45) is -2.12. The molecule has 1 aromatic rings. The lowest BCUT2D eigenvalue weighted by atomic mass is 10.0. The number of amidine groups is 1. The van der Waals surface area contributed by atoms with Crippen LogP contribution < -0.4 is 11.5 Å². The summed E-state index contributed by atoms with van der Waals surface area (Å²) in [5.41, 5.74) is 11.1. The van der Waals surface area contributed by atoms with Gasteiger partial charge in [0.2, 0.25) is 5.91 Å². The van der Waals surface area contributed by atoms with E-state index in [1.165, 1.54) is 4.90 Å². The molecule has 1 aliphatic rings. The zero-order valence-electron chi connectivity index (χ0n) is 14.6. The summed E-state index contributed by atoms with van der Waals surface area (Å²) in [6.45, 7) is -0.198. The fourth-order valence-corrected chi connectivity index (χ4v) is 3.18. The standard InChI is InChI=1S/C16H19F5IN5O/c17-10-6-12(19)11(18)4-8(10)3-9(23)5-14(28)26-1-2-27(13(24)7-26)15(25)16(20,21)22/h4,6,9,15,24H,1-3,5,7,23,25H2. The SMILES string of the molecule is N=C1CN(C(=O)CC(N)Cc2cc(F)c(F)cc2F)CCN1C(N)C(F)(F)I. The van der Waals surface area contributed by atoms with Crippen LogP contribution in [0.2, 0.25) is 0 Å². The van der Waals surface area contributed by atoms with Crippen LogP contribution in [0.3, 0.4) is 0 Å². The molecule has 0 saturated carbocycles. The predicted molar refractivity (Wildman–Crippen MR) is 101 cm³/mol. The molecule has 0 bridgehead atoms. The molecule has 156 valence electrons. The van der Waals surface area contributed by atoms with Gasteiger partial charge in [-0.15, -0.1) is 0 Å². The van der Waals surface area contributed by atoms with Crippen molar-refractivity contribution in [1.82, 2.24) is 9.80 Å². The Morgan fingerprint density at radius 3 is 2.36 bits per heavy atom. The van der Waals surface area contributed by atoms with Crippen molar-refractivity contribution in [3.8, 4) is 0 Å². The van der Waals surface area contributed by atoms with E-state index in [1.807, 2.05) is 0 Å². The maximum absolute atomic E-state index is 13.7. The smallest absolute Gasteiger partial charge is 0.329 e. The quantitative estimate of drug-likeness (QED) is 0.231. The molecule has 2 atom stereocenters. The summed E-state index contributed by atoms with van der Waals surface area (Å²) in [4.78, 5) is 14.6. The van der Waals surface area contributed by atoms with Crippen molar-refractivity contribution in [2.24, 2.45) is 11.5 Å². The van der Waals surface area contributed by atoms with Gasteiger partial charge in [-0.2, -0.15) is 8.78 Å². The number of piperazine rings is 1. The lowest BCUT2D eigenvalue weighted by Crippen LogP contribution is -2.61. The molecule has 0 aliphatic carbocycles. The number of carbonyl (C=O) groups is 1. The number of alkyl halides is 3. The maximum atomic E-state index is 13.7. The Kier molecular flexibility index (Phi) is 7.20. The molecule has 1 heterocycles. The summed E-state index contributed by atoms with van der Waals surface area (Å²) < 4.78 is 63.3. The molecule has 1 amide bonds. The van der Waals surface area contributed by atoms with E-state index in [0.717, 1.165) is 27.5 Å². The van der Waals surface area contributed by atoms with Gasteiger partial charge in [-0.3, -0.25) is 10.2 Å². The van der Waals surface area contributed by atoms with Crippen LogP contribution in [0, 0.1) is 22.9 Å². The van der Waals surface area contributed by atoms with Crippen LogP contribution in [0.4, 0.5) is 22.0 Å². The van der Waals surface area contributed by atoms with E-state index in [1.54, 1.807) is 0 Å². The molecule has 1 aromatic carbocycles. The Bertz CT molecular complexity index is 760. The summed E-state index contributed by atoms with van der Waals surface area (Å²) >= 11 is 0.892. The molecule has 6 nitrogen and oxygen atoms in total. The molecule has 0 radical (unpaired) electrons. The average Bonchev–Trinajstić information content (AvgIpc) is 2.58. The monoisotopic (exact) mass is 519 g/mol. The van der Waals surface area contributed by atoms with Crippen LogP contribution in [0.25, 0.3) is 0 Å². The van der Waals surface area contributed by atoms with Crippen LogP contribution >= 0.6 is 22.6 Å². The van der Waals surface area contributed by atoms with Gasteiger partial charge in [0, 0.05) is 54.2 Å². The minimum absolute atomic E-state index is 0.0443. The molecule has 1 saturated heterocycles. The molecule has 2 rings (SSSR count). The number of hydrogen-bond acceptors (Lipinski definition) is 4. The Morgan fingerprint density at radius 1 is 1.18 bits per heavy atom. The van der Waals surface area contributed by atoms with E-state index in [2.05, 4.69) is 0 Å². The first-order chi connectivity index (χ1) is 12.9. The van der Waals surface area contributed by atoms with Crippen molar-refractivity contribution in [2.45, 2.75) is 29.0 Å². The van der Waals surface area contributed by atoms with E-state index < -0.39 is 39.5 Å². The third-order valence-corrected chi connectivity index (χ3v) is 4.97. The number of halogens is 6. The maximum Gasteiger partial charge on any atom is 0.329 e. The zero-order chi connectivity index (χ0) is 21.2. The number of amides is 1. The highest BCUT2D eigenvalue weighted by atomic mass is 127. The number of carbonyl (C=O) groups excluding carboxylic acids is 1. The topological polar surface area (TPSA) is 99.4 Å². The molecule has 1 fully saturated rings. The van der Waals surface area contributed by atoms with E-state index >= 15 is 0 Å². The van der Waals surface area contributed by atoms with Gasteiger partial charge in [-0.25, -0.2) is 13.2 Å². The van der Waals surface area contributed by atoms with Gasteiger partial charge in [0.25, 0.3) is 0 Å². The van der Waals surface area contributed by atoms with Gasteiger partial charge in [-0.1, -0.05) is 0 Å². The van der Waals surface area contributed by atoms with Gasteiger partial charge in [-0.05, 0) is 18.1 Å². The van der Waals surface area contributed by atoms with Crippen LogP contribution in [0.15, 0.2) is 12.1 Å². The average molecular weight is 519 g/mol. The molecule has 0 aromatic heterocycles. The van der Waals surface area contributed by atoms with E-state index in [4.69, 9.17) is 16.9 Å². The molecule has 0 spiro atoms. The van der Waals surface area contributed by atoms with Gasteiger partial charge >= 0.3 is 3.93 Å². The predicted octanol–water partition coefficient (Wildman–Crippen LogP) is 1.80. The first-order valence-electron chi connectivity index (χ1n) is 8.23. The molecule has 12 heteroatoms. The van der Waals surface area contributed by atoms with Crippen molar-refractivity contribution in [3.05, 3.63) is 35.1 Å². The van der Waals surface area contributed by atoms with Crippen LogP contribution in [0.1, 0.15) is 12.0 Å². The second-order valence-electron chi connectivity index (χ2n) is 6.47. The number of rotatable bonds is 6. The number of nitrogens with two attached hydrogens (primary N) is 2. The molecule has 2 unspecified atom stereocenters. The Hall–Kier alpha value is -1.54. The van der Waals surface area contributed by atoms with Crippen molar-refractivity contribution in [3.63, 3.8) is 0 Å². The fourth-order valence-electron chi connectivity index (χ4n) is 2.84. The first-order valence-corrected chi connectivity index (χ1v) is 9.31. The second-order valence-corrected chi connectivity index (χ2v) is 7.91. The zero-order valence-corrected chi connectivity index (χ0v) is 16.7. The highest BCUT2D eigenvalue weighted by molar-refractivity contribution is 14.1. The fraction of sp³-hybridized carbons (Fsp3) is 0.500. The second kappa shape index (κ2) is 8.86. The summed E-state index contributed by atoms with van der Waals surface area (Å²) in [6, 6.07) is 0.223. The van der Waals surface area contributed by atoms with Crippen LogP contribution in [-0.2, 0) is 11.2 Å². The number of nitrogens with one attached hydrogen (secondary N) is 1. The minimum Gasteiger partial charge on any atom is -0.336 e. The first kappa shape index (κ1) is 22.7. The normalized spacial score (nSPS) is 17.6. The number of nitrogens with zero attached hydrogens (tertiary/aromatic N) is 2. The third-order valence-electron chi connectivity index (χ3n) is 4.33. The van der Waals surface area contributed by atoms with Crippen molar-refractivity contribution < 1.29 is 26.7 Å². The lowest BCUT2D eigenvalue weighted by Gasteiger charge is -2.40. The van der Waals surface area contributed by atoms with E-state index in [0.29, 0.717) is 12.1 Å². The highest BCUT2D eigenvalue weighted by Crippen LogP contribution is 2.28. The number of benzene rings is 1. The Labute approximate surface area is 171 Å². The molecule has 1 aliphatic heterocycles. The molecule has 5 N–H and O–H groups in total. The van der Waals surface area contributed by atoms with Gasteiger partial charge in [0.05, 0.1) is 6.54 Å². The van der Waals surface area contributed by atoms with Crippen molar-refractivity contribution >= 4 is 34.3 Å². The highest BCUT2D eigenvalue weighted by Gasteiger charge is 2.41. The van der Waals surface area contributed by atoms with Gasteiger partial charge in [0.1, 0.15) is 11.7 Å². The summed E-state index contributed by atoms with van der Waals surface area (Å²) in [5, 5.41) is 7.87. The van der Waals surface area contributed by atoms with Crippen molar-refractivity contribution in [1.29, 1.82) is 5.41 Å². The lowest BCUT2D eigenvalue weighted by molar-refractivity contribution is -0.131. The molecule has 28 heavy (non-hydrogen) atoms. The third kappa shape index (κ3) is 5.50. The van der Waals surface area contributed by atoms with E-state index in [-0.39, 0.29) is 43.9 Å². The van der Waals surface area contributed by atoms with Crippen molar-refractivity contribution in [2.75, 3.05) is 19.6 Å². The Morgan fingerprint density at radius 2 is 1.79 bits per heavy atom. The molecular weight excluding hydrogens is 500 g/mol. The molecular formula is C16H19F5IN5O. The van der Waals surface area contributed by atoms with Crippen LogP contribution in [-0.4, -0.2) is 57.3 Å². The van der Waals surface area contributed by atoms with Gasteiger partial charge < -0.3 is 21.3 Å². The van der Waals surface area contributed by atoms with Crippen LogP contribution in [0.5, 0.6) is 0 Å². The minimum atomic E-state index is -3.24. The summed E-state index contributed by atoms with van der Waals surface area (Å²) in [7, 11) is 0. The largest absolute Gasteiger partial charge is 0.336 e. The van der Waals surface area contributed by atoms with E-state index in [9.17, 15) is 26.7 Å². The van der Waals surface area contributed by atoms with Gasteiger partial charge in [0.15, 0.2) is 17.8 Å². The number of hydrogen-bond donors (Lipinski definition) is 3. The Balaban J connectivity index is 1.93. The summed E-state index contributed by atoms with van der Waals surface area (Å²) in [5.74, 6) is -4.20.